The second-order valence-electron chi connectivity index (χ2n) is 4.01. The van der Waals surface area contributed by atoms with Gasteiger partial charge in [0.15, 0.2) is 0 Å². The number of carbonyl (C=O) groups is 1. The van der Waals surface area contributed by atoms with Crippen LogP contribution in [0.1, 0.15) is 25.3 Å². The molecule has 1 aromatic rings. The molecule has 0 aliphatic heterocycles. The van der Waals surface area contributed by atoms with Gasteiger partial charge in [0.05, 0.1) is 4.92 Å². The van der Waals surface area contributed by atoms with Gasteiger partial charge in [0.25, 0.3) is 5.69 Å². The minimum atomic E-state index is -0.513. The molecule has 0 fully saturated rings. The van der Waals surface area contributed by atoms with Crippen molar-refractivity contribution in [2.24, 2.45) is 0 Å². The maximum atomic E-state index is 11.5. The number of anilines is 1. The maximum absolute atomic E-state index is 11.5. The van der Waals surface area contributed by atoms with Crippen LogP contribution in [0.3, 0.4) is 0 Å². The molecule has 0 spiro atoms. The lowest BCUT2D eigenvalue weighted by Gasteiger charge is -2.08. The molecule has 6 heteroatoms. The van der Waals surface area contributed by atoms with E-state index in [0.29, 0.717) is 6.54 Å². The molecule has 6 nitrogen and oxygen atoms in total. The van der Waals surface area contributed by atoms with E-state index >= 15 is 0 Å². The highest BCUT2D eigenvalue weighted by molar-refractivity contribution is 5.91. The van der Waals surface area contributed by atoms with Crippen LogP contribution in [-0.4, -0.2) is 17.5 Å². The van der Waals surface area contributed by atoms with E-state index in [0.717, 1.165) is 18.4 Å². The minimum Gasteiger partial charge on any atom is -0.338 e. The average molecular weight is 251 g/mol. The van der Waals surface area contributed by atoms with Crippen LogP contribution in [0.5, 0.6) is 0 Å². The van der Waals surface area contributed by atoms with Crippen molar-refractivity contribution < 1.29 is 9.72 Å². The normalized spacial score (nSPS) is 9.89. The summed E-state index contributed by atoms with van der Waals surface area (Å²) in [7, 11) is 0. The molecule has 0 radical (unpaired) electrons. The number of rotatable bonds is 5. The summed E-state index contributed by atoms with van der Waals surface area (Å²) in [6.07, 6.45) is 1.86. The second kappa shape index (κ2) is 6.58. The van der Waals surface area contributed by atoms with Gasteiger partial charge in [-0.2, -0.15) is 0 Å². The van der Waals surface area contributed by atoms with E-state index in [2.05, 4.69) is 10.6 Å². The number of benzene rings is 1. The zero-order chi connectivity index (χ0) is 13.5. The summed E-state index contributed by atoms with van der Waals surface area (Å²) in [6.45, 7) is 4.39. The van der Waals surface area contributed by atoms with E-state index in [1.54, 1.807) is 12.1 Å². The Kier molecular flexibility index (Phi) is 5.10. The Morgan fingerprint density at radius 1 is 1.44 bits per heavy atom. The molecule has 0 aromatic heterocycles. The molecule has 0 saturated carbocycles. The zero-order valence-corrected chi connectivity index (χ0v) is 10.5. The Labute approximate surface area is 106 Å². The van der Waals surface area contributed by atoms with Gasteiger partial charge in [-0.1, -0.05) is 19.4 Å². The highest BCUT2D eigenvalue weighted by Crippen LogP contribution is 2.24. The van der Waals surface area contributed by atoms with Crippen LogP contribution < -0.4 is 10.6 Å². The summed E-state index contributed by atoms with van der Waals surface area (Å²) in [5.74, 6) is 0. The first-order chi connectivity index (χ1) is 8.54. The molecule has 1 rings (SSSR count). The van der Waals surface area contributed by atoms with Gasteiger partial charge >= 0.3 is 6.03 Å². The lowest BCUT2D eigenvalue weighted by Crippen LogP contribution is -2.29. The second-order valence-corrected chi connectivity index (χ2v) is 4.01. The number of hydrogen-bond acceptors (Lipinski definition) is 3. The summed E-state index contributed by atoms with van der Waals surface area (Å²) < 4.78 is 0. The van der Waals surface area contributed by atoms with Crippen molar-refractivity contribution in [3.05, 3.63) is 33.9 Å². The SMILES string of the molecule is CCCCNC(=O)Nc1cc(C)ccc1[N+](=O)[O-]. The van der Waals surface area contributed by atoms with E-state index in [-0.39, 0.29) is 11.4 Å². The molecule has 0 bridgehead atoms. The fraction of sp³-hybridized carbons (Fsp3) is 0.417. The molecule has 0 aliphatic carbocycles. The summed E-state index contributed by atoms with van der Waals surface area (Å²) in [5, 5.41) is 16.0. The fourth-order valence-electron chi connectivity index (χ4n) is 1.45. The lowest BCUT2D eigenvalue weighted by molar-refractivity contribution is -0.383. The van der Waals surface area contributed by atoms with Gasteiger partial charge in [-0.05, 0) is 25.0 Å². The zero-order valence-electron chi connectivity index (χ0n) is 10.5. The number of urea groups is 1. The Hall–Kier alpha value is -2.11. The third-order valence-electron chi connectivity index (χ3n) is 2.41. The Morgan fingerprint density at radius 2 is 2.17 bits per heavy atom. The summed E-state index contributed by atoms with van der Waals surface area (Å²) >= 11 is 0. The average Bonchev–Trinajstić information content (AvgIpc) is 2.29. The molecule has 0 saturated heterocycles. The van der Waals surface area contributed by atoms with Crippen molar-refractivity contribution in [3.63, 3.8) is 0 Å². The van der Waals surface area contributed by atoms with Gasteiger partial charge in [0.1, 0.15) is 5.69 Å². The first kappa shape index (κ1) is 14.0. The number of unbranched alkanes of at least 4 members (excludes halogenated alkanes) is 1. The minimum absolute atomic E-state index is 0.105. The quantitative estimate of drug-likeness (QED) is 0.479. The number of nitro groups is 1. The van der Waals surface area contributed by atoms with E-state index in [9.17, 15) is 14.9 Å². The summed E-state index contributed by atoms with van der Waals surface area (Å²) in [5.41, 5.74) is 0.963. The topological polar surface area (TPSA) is 84.3 Å². The van der Waals surface area contributed by atoms with E-state index in [1.165, 1.54) is 6.07 Å². The van der Waals surface area contributed by atoms with E-state index < -0.39 is 11.0 Å². The van der Waals surface area contributed by atoms with Crippen LogP contribution in [0.4, 0.5) is 16.2 Å². The van der Waals surface area contributed by atoms with Gasteiger partial charge < -0.3 is 10.6 Å². The third-order valence-corrected chi connectivity index (χ3v) is 2.41. The summed E-state index contributed by atoms with van der Waals surface area (Å²) in [4.78, 5) is 21.8. The van der Waals surface area contributed by atoms with Crippen LogP contribution in [-0.2, 0) is 0 Å². The van der Waals surface area contributed by atoms with E-state index in [1.807, 2.05) is 13.8 Å². The molecule has 0 aliphatic rings. The lowest BCUT2D eigenvalue weighted by atomic mass is 10.2. The van der Waals surface area contributed by atoms with Crippen molar-refractivity contribution in [1.82, 2.24) is 5.32 Å². The number of aryl methyl sites for hydroxylation is 1. The van der Waals surface area contributed by atoms with Crippen molar-refractivity contribution in [2.45, 2.75) is 26.7 Å². The fourth-order valence-corrected chi connectivity index (χ4v) is 1.45. The van der Waals surface area contributed by atoms with Crippen molar-refractivity contribution in [3.8, 4) is 0 Å². The van der Waals surface area contributed by atoms with Crippen molar-refractivity contribution in [1.29, 1.82) is 0 Å². The molecule has 2 amide bonds. The predicted molar refractivity (Wildman–Crippen MR) is 69.8 cm³/mol. The Bertz CT molecular complexity index is 446. The highest BCUT2D eigenvalue weighted by Gasteiger charge is 2.15. The molecule has 0 unspecified atom stereocenters. The predicted octanol–water partition coefficient (Wildman–Crippen LogP) is 2.82. The van der Waals surface area contributed by atoms with Gasteiger partial charge in [-0.25, -0.2) is 4.79 Å². The first-order valence-electron chi connectivity index (χ1n) is 5.84. The van der Waals surface area contributed by atoms with Crippen LogP contribution in [0.25, 0.3) is 0 Å². The molecule has 0 heterocycles. The van der Waals surface area contributed by atoms with Gasteiger partial charge in [-0.3, -0.25) is 10.1 Å². The number of nitro benzene ring substituents is 1. The monoisotopic (exact) mass is 251 g/mol. The maximum Gasteiger partial charge on any atom is 0.319 e. The number of hydrogen-bond donors (Lipinski definition) is 2. The first-order valence-corrected chi connectivity index (χ1v) is 5.84. The van der Waals surface area contributed by atoms with Crippen molar-refractivity contribution in [2.75, 3.05) is 11.9 Å². The molecule has 0 atom stereocenters. The van der Waals surface area contributed by atoms with Crippen LogP contribution >= 0.6 is 0 Å². The van der Waals surface area contributed by atoms with Gasteiger partial charge in [0.2, 0.25) is 0 Å². The number of nitrogens with zero attached hydrogens (tertiary/aromatic N) is 1. The molecule has 1 aromatic carbocycles. The number of carbonyl (C=O) groups excluding carboxylic acids is 1. The van der Waals surface area contributed by atoms with Gasteiger partial charge in [-0.15, -0.1) is 0 Å². The largest absolute Gasteiger partial charge is 0.338 e. The van der Waals surface area contributed by atoms with Crippen LogP contribution in [0, 0.1) is 17.0 Å². The third kappa shape index (κ3) is 4.04. The molecular formula is C12H17N3O3. The van der Waals surface area contributed by atoms with Crippen molar-refractivity contribution >= 4 is 17.4 Å². The van der Waals surface area contributed by atoms with E-state index in [4.69, 9.17) is 0 Å². The number of amides is 2. The van der Waals surface area contributed by atoms with Crippen LogP contribution in [0.2, 0.25) is 0 Å². The smallest absolute Gasteiger partial charge is 0.319 e. The molecule has 98 valence electrons. The molecule has 2 N–H and O–H groups in total. The molecule has 18 heavy (non-hydrogen) atoms. The summed E-state index contributed by atoms with van der Waals surface area (Å²) in [6, 6.07) is 4.18. The Balaban J connectivity index is 2.73. The van der Waals surface area contributed by atoms with Crippen LogP contribution in [0.15, 0.2) is 18.2 Å². The van der Waals surface area contributed by atoms with Gasteiger partial charge in [0, 0.05) is 12.6 Å². The Morgan fingerprint density at radius 3 is 2.78 bits per heavy atom. The highest BCUT2D eigenvalue weighted by atomic mass is 16.6. The molecular weight excluding hydrogens is 234 g/mol. The standard InChI is InChI=1S/C12H17N3O3/c1-3-4-7-13-12(16)14-10-8-9(2)5-6-11(10)15(17)18/h5-6,8H,3-4,7H2,1-2H3,(H2,13,14,16). The number of nitrogens with one attached hydrogen (secondary N) is 2.